The molecule has 0 spiro atoms. The van der Waals surface area contributed by atoms with Crippen LogP contribution >= 0.6 is 0 Å². The fraction of sp³-hybridized carbons (Fsp3) is 0.455. The topological polar surface area (TPSA) is 52.5 Å². The highest BCUT2D eigenvalue weighted by Gasteiger charge is 2.24. The average molecular weight is 211 g/mol. The smallest absolute Gasteiger partial charge is 0.206 e. The van der Waals surface area contributed by atoms with Gasteiger partial charge in [0.05, 0.1) is 0 Å². The van der Waals surface area contributed by atoms with Crippen molar-refractivity contribution in [2.24, 2.45) is 0 Å². The Kier molecular flexibility index (Phi) is 2.52. The molecule has 0 radical (unpaired) electrons. The quantitative estimate of drug-likeness (QED) is 0.661. The molecule has 0 aliphatic carbocycles. The van der Waals surface area contributed by atoms with Gasteiger partial charge in [0.2, 0.25) is 5.82 Å². The van der Waals surface area contributed by atoms with Crippen molar-refractivity contribution < 1.29 is 14.6 Å². The third-order valence-electron chi connectivity index (χ3n) is 2.93. The number of aryl methyl sites for hydroxylation is 1. The van der Waals surface area contributed by atoms with Crippen LogP contribution in [0.15, 0.2) is 6.07 Å². The molecular formula is C11H14FNO2. The van der Waals surface area contributed by atoms with Crippen LogP contribution in [0, 0.1) is 12.7 Å². The van der Waals surface area contributed by atoms with Crippen LogP contribution in [0.5, 0.6) is 11.5 Å². The summed E-state index contributed by atoms with van der Waals surface area (Å²) in [6, 6.07) is 1.66. The Labute approximate surface area is 87.6 Å². The molecule has 1 aliphatic rings. The van der Waals surface area contributed by atoms with Gasteiger partial charge in [0.15, 0.2) is 11.5 Å². The van der Waals surface area contributed by atoms with E-state index in [1.807, 2.05) is 0 Å². The molecule has 1 heterocycles. The van der Waals surface area contributed by atoms with E-state index in [1.54, 1.807) is 13.0 Å². The lowest BCUT2D eigenvalue weighted by Gasteiger charge is -2.13. The van der Waals surface area contributed by atoms with E-state index in [4.69, 9.17) is 0 Å². The van der Waals surface area contributed by atoms with Gasteiger partial charge in [-0.2, -0.15) is 4.39 Å². The second-order valence-electron chi connectivity index (χ2n) is 3.98. The van der Waals surface area contributed by atoms with E-state index in [1.165, 1.54) is 0 Å². The van der Waals surface area contributed by atoms with Crippen LogP contribution < -0.4 is 5.32 Å². The summed E-state index contributed by atoms with van der Waals surface area (Å²) in [6.07, 6.45) is 0.886. The number of phenols is 2. The van der Waals surface area contributed by atoms with E-state index in [-0.39, 0.29) is 5.92 Å². The van der Waals surface area contributed by atoms with Gasteiger partial charge in [-0.1, -0.05) is 0 Å². The highest BCUT2D eigenvalue weighted by molar-refractivity contribution is 5.48. The zero-order valence-electron chi connectivity index (χ0n) is 8.55. The van der Waals surface area contributed by atoms with Crippen molar-refractivity contribution in [3.05, 3.63) is 23.0 Å². The number of phenolic OH excluding ortho intramolecular Hbond substituents is 2. The maximum Gasteiger partial charge on any atom is 0.206 e. The molecule has 0 amide bonds. The third kappa shape index (κ3) is 1.65. The first-order chi connectivity index (χ1) is 7.11. The van der Waals surface area contributed by atoms with Gasteiger partial charge in [-0.25, -0.2) is 0 Å². The summed E-state index contributed by atoms with van der Waals surface area (Å²) >= 11 is 0. The number of aromatic hydroxyl groups is 2. The summed E-state index contributed by atoms with van der Waals surface area (Å²) in [5.74, 6) is -1.63. The van der Waals surface area contributed by atoms with Crippen LogP contribution in [0.1, 0.15) is 23.5 Å². The van der Waals surface area contributed by atoms with Gasteiger partial charge in [-0.3, -0.25) is 0 Å². The number of halogens is 1. The second kappa shape index (κ2) is 3.70. The molecular weight excluding hydrogens is 197 g/mol. The summed E-state index contributed by atoms with van der Waals surface area (Å²) < 4.78 is 13.4. The Morgan fingerprint density at radius 3 is 2.73 bits per heavy atom. The Hall–Kier alpha value is -1.29. The highest BCUT2D eigenvalue weighted by Crippen LogP contribution is 2.37. The molecule has 1 aromatic carbocycles. The molecule has 15 heavy (non-hydrogen) atoms. The molecule has 1 atom stereocenters. The number of benzene rings is 1. The Balaban J connectivity index is 2.47. The Bertz CT molecular complexity index is 387. The number of hydrogen-bond acceptors (Lipinski definition) is 3. The van der Waals surface area contributed by atoms with Crippen molar-refractivity contribution in [2.45, 2.75) is 19.3 Å². The molecule has 0 aromatic heterocycles. The van der Waals surface area contributed by atoms with E-state index in [2.05, 4.69) is 5.32 Å². The highest BCUT2D eigenvalue weighted by atomic mass is 19.1. The van der Waals surface area contributed by atoms with Gasteiger partial charge < -0.3 is 15.5 Å². The fourth-order valence-electron chi connectivity index (χ4n) is 2.01. The molecule has 4 heteroatoms. The van der Waals surface area contributed by atoms with Gasteiger partial charge >= 0.3 is 0 Å². The summed E-state index contributed by atoms with van der Waals surface area (Å²) in [6.45, 7) is 3.26. The van der Waals surface area contributed by atoms with E-state index in [0.717, 1.165) is 19.5 Å². The van der Waals surface area contributed by atoms with Gasteiger partial charge in [-0.15, -0.1) is 0 Å². The van der Waals surface area contributed by atoms with E-state index in [9.17, 15) is 14.6 Å². The molecule has 3 N–H and O–H groups in total. The Morgan fingerprint density at radius 1 is 1.40 bits per heavy atom. The van der Waals surface area contributed by atoms with E-state index < -0.39 is 17.3 Å². The molecule has 2 rings (SSSR count). The summed E-state index contributed by atoms with van der Waals surface area (Å²) in [5, 5.41) is 22.1. The molecule has 1 aliphatic heterocycles. The zero-order valence-corrected chi connectivity index (χ0v) is 8.55. The van der Waals surface area contributed by atoms with Gasteiger partial charge in [0.25, 0.3) is 0 Å². The molecule has 0 saturated carbocycles. The minimum absolute atomic E-state index is 0.138. The normalized spacial score (nSPS) is 20.8. The van der Waals surface area contributed by atoms with Gasteiger partial charge in [-0.05, 0) is 31.5 Å². The number of hydrogen-bond donors (Lipinski definition) is 3. The van der Waals surface area contributed by atoms with Crippen LogP contribution in [0.25, 0.3) is 0 Å². The van der Waals surface area contributed by atoms with Crippen LogP contribution in [0.3, 0.4) is 0 Å². The number of nitrogens with one attached hydrogen (secondary N) is 1. The van der Waals surface area contributed by atoms with Crippen LogP contribution in [-0.2, 0) is 0 Å². The third-order valence-corrected chi connectivity index (χ3v) is 2.93. The van der Waals surface area contributed by atoms with E-state index >= 15 is 0 Å². The average Bonchev–Trinajstić information content (AvgIpc) is 2.73. The van der Waals surface area contributed by atoms with Crippen LogP contribution in [0.2, 0.25) is 0 Å². The monoisotopic (exact) mass is 211 g/mol. The lowest BCUT2D eigenvalue weighted by atomic mass is 9.95. The first-order valence-corrected chi connectivity index (χ1v) is 5.03. The van der Waals surface area contributed by atoms with E-state index in [0.29, 0.717) is 11.1 Å². The molecule has 3 nitrogen and oxygen atoms in total. The molecule has 82 valence electrons. The lowest BCUT2D eigenvalue weighted by Crippen LogP contribution is -2.08. The van der Waals surface area contributed by atoms with Gasteiger partial charge in [0.1, 0.15) is 0 Å². The summed E-state index contributed by atoms with van der Waals surface area (Å²) in [4.78, 5) is 0. The minimum atomic E-state index is -0.906. The van der Waals surface area contributed by atoms with Crippen molar-refractivity contribution in [1.29, 1.82) is 0 Å². The molecule has 1 unspecified atom stereocenters. The first kappa shape index (κ1) is 10.2. The molecule has 1 saturated heterocycles. The van der Waals surface area contributed by atoms with Crippen molar-refractivity contribution in [1.82, 2.24) is 5.32 Å². The van der Waals surface area contributed by atoms with Crippen LogP contribution in [-0.4, -0.2) is 23.3 Å². The van der Waals surface area contributed by atoms with Gasteiger partial charge in [0, 0.05) is 18.0 Å². The van der Waals surface area contributed by atoms with Crippen molar-refractivity contribution in [3.8, 4) is 11.5 Å². The second-order valence-corrected chi connectivity index (χ2v) is 3.98. The standard InChI is InChI=1S/C11H14FNO2/c1-6-4-8(7-2-3-13-5-7)11(15)9(12)10(6)14/h4,7,13-15H,2-3,5H2,1H3. The fourth-order valence-corrected chi connectivity index (χ4v) is 2.01. The summed E-state index contributed by atoms with van der Waals surface area (Å²) in [7, 11) is 0. The van der Waals surface area contributed by atoms with Crippen molar-refractivity contribution in [2.75, 3.05) is 13.1 Å². The maximum atomic E-state index is 13.4. The zero-order chi connectivity index (χ0) is 11.0. The van der Waals surface area contributed by atoms with Crippen molar-refractivity contribution in [3.63, 3.8) is 0 Å². The predicted octanol–water partition coefficient (Wildman–Crippen LogP) is 1.62. The van der Waals surface area contributed by atoms with Crippen LogP contribution in [0.4, 0.5) is 4.39 Å². The largest absolute Gasteiger partial charge is 0.505 e. The molecule has 1 fully saturated rings. The predicted molar refractivity (Wildman–Crippen MR) is 54.7 cm³/mol. The van der Waals surface area contributed by atoms with Crippen molar-refractivity contribution >= 4 is 0 Å². The SMILES string of the molecule is Cc1cc(C2CCNC2)c(O)c(F)c1O. The first-order valence-electron chi connectivity index (χ1n) is 5.03. The maximum absolute atomic E-state index is 13.4. The molecule has 0 bridgehead atoms. The molecule has 1 aromatic rings. The summed E-state index contributed by atoms with van der Waals surface area (Å²) in [5.41, 5.74) is 1.06. The Morgan fingerprint density at radius 2 is 2.13 bits per heavy atom. The number of rotatable bonds is 1. The lowest BCUT2D eigenvalue weighted by molar-refractivity contribution is 0.380. The minimum Gasteiger partial charge on any atom is -0.505 e.